The van der Waals surface area contributed by atoms with Crippen molar-refractivity contribution in [3.63, 3.8) is 0 Å². The fourth-order valence-electron chi connectivity index (χ4n) is 5.94. The molecule has 2 aromatic heterocycles. The molecule has 8 aromatic rings. The predicted molar refractivity (Wildman–Crippen MR) is 217 cm³/mol. The molecule has 0 saturated heterocycles. The first-order chi connectivity index (χ1) is 27.1. The molecule has 0 spiro atoms. The summed E-state index contributed by atoms with van der Waals surface area (Å²) in [6.45, 7) is 0. The Bertz CT molecular complexity index is 2530. The number of nitrogens with zero attached hydrogens (tertiary/aromatic N) is 8. The molecule has 0 fully saturated rings. The van der Waals surface area contributed by atoms with Gasteiger partial charge in [-0.15, -0.1) is 0 Å². The standard InChI is InChI=1S/C46H30IN8/c48-29-36-27-31(21-23-39(36)45-52-41(32-13-5-1-6-14-32)50-42(53-45)33-15-7-2-8-16-33)25-26-47-38-22-24-40(37(28-38)30-49)46-54-43(34-17-9-3-10-18-34)51-44(55-46)35-19-11-4-12-20-35/h1-30H/q-3/b26-25+. The van der Waals surface area contributed by atoms with Crippen molar-refractivity contribution >= 4 is 18.5 Å². The van der Waals surface area contributed by atoms with Gasteiger partial charge < -0.3 is 0 Å². The van der Waals surface area contributed by atoms with Gasteiger partial charge in [0, 0.05) is 0 Å². The zero-order chi connectivity index (χ0) is 37.4. The van der Waals surface area contributed by atoms with Crippen molar-refractivity contribution in [3.05, 3.63) is 193 Å². The third-order valence-corrected chi connectivity index (χ3v) is 10.8. The second-order valence-electron chi connectivity index (χ2n) is 12.3. The van der Waals surface area contributed by atoms with Crippen LogP contribution < -0.4 is 21.2 Å². The molecule has 6 aromatic carbocycles. The van der Waals surface area contributed by atoms with Crippen molar-refractivity contribution in [2.24, 2.45) is 0 Å². The Morgan fingerprint density at radius 2 is 0.745 bits per heavy atom. The molecule has 55 heavy (non-hydrogen) atoms. The topological polar surface area (TPSA) is 122 Å². The van der Waals surface area contributed by atoms with E-state index in [4.69, 9.17) is 29.9 Å². The van der Waals surface area contributed by atoms with Crippen LogP contribution in [0, 0.1) is 3.57 Å². The fraction of sp³-hybridized carbons (Fsp3) is 0. The summed E-state index contributed by atoms with van der Waals surface area (Å²) in [5.74, 6) is 3.16. The minimum absolute atomic E-state index is 0.466. The SMILES string of the molecule is [N-]=Cc1cc(/C=C/[I-]c2ccc(-c3nc(-c4ccccc4)nc(-c4ccccc4)n3)c(C=[N-])c2)ccc1-c1nc(-c2ccccc2)nc(-c2ccccc2)n1. The molecular weight excluding hydrogens is 791 g/mol. The molecule has 2 heterocycles. The summed E-state index contributed by atoms with van der Waals surface area (Å²) in [5, 5.41) is 20.7. The van der Waals surface area contributed by atoms with Crippen LogP contribution >= 0.6 is 0 Å². The second-order valence-corrected chi connectivity index (χ2v) is 14.9. The molecule has 0 radical (unpaired) electrons. The summed E-state index contributed by atoms with van der Waals surface area (Å²) >= 11 is -0.590. The van der Waals surface area contributed by atoms with Gasteiger partial charge in [-0.05, 0) is 0 Å². The van der Waals surface area contributed by atoms with Gasteiger partial charge >= 0.3 is 319 Å². The normalized spacial score (nSPS) is 11.1. The van der Waals surface area contributed by atoms with E-state index in [-0.39, 0.29) is 0 Å². The first kappa shape index (κ1) is 35.2. The predicted octanol–water partition coefficient (Wildman–Crippen LogP) is 6.96. The Kier molecular flexibility index (Phi) is 10.5. The van der Waals surface area contributed by atoms with Gasteiger partial charge in [-0.1, -0.05) is 12.1 Å². The van der Waals surface area contributed by atoms with Gasteiger partial charge in [0.2, 0.25) is 0 Å². The second kappa shape index (κ2) is 16.4. The van der Waals surface area contributed by atoms with Crippen molar-refractivity contribution in [3.8, 4) is 68.3 Å². The molecule has 0 aliphatic heterocycles. The van der Waals surface area contributed by atoms with Crippen LogP contribution in [0.1, 0.15) is 16.7 Å². The van der Waals surface area contributed by atoms with Crippen molar-refractivity contribution in [1.82, 2.24) is 29.9 Å². The molecule has 8 rings (SSSR count). The molecule has 0 unspecified atom stereocenters. The van der Waals surface area contributed by atoms with Crippen LogP contribution in [0.25, 0.3) is 85.2 Å². The maximum atomic E-state index is 10.4. The Balaban J connectivity index is 1.07. The van der Waals surface area contributed by atoms with Gasteiger partial charge in [0.05, 0.1) is 0 Å². The maximum absolute atomic E-state index is 10.4. The summed E-state index contributed by atoms with van der Waals surface area (Å²) in [5.41, 5.74) is 7.03. The molecule has 264 valence electrons. The quantitative estimate of drug-likeness (QED) is 0.103. The van der Waals surface area contributed by atoms with E-state index >= 15 is 0 Å². The molecule has 0 aliphatic carbocycles. The Hall–Kier alpha value is -6.85. The third kappa shape index (κ3) is 8.07. The molecule has 0 bridgehead atoms. The Morgan fingerprint density at radius 3 is 1.15 bits per heavy atom. The van der Waals surface area contributed by atoms with Crippen molar-refractivity contribution in [1.29, 1.82) is 0 Å². The summed E-state index contributed by atoms with van der Waals surface area (Å²) in [6, 6.07) is 51.0. The van der Waals surface area contributed by atoms with Gasteiger partial charge in [-0.25, -0.2) is 0 Å². The molecule has 0 amide bonds. The van der Waals surface area contributed by atoms with Gasteiger partial charge in [0.25, 0.3) is 0 Å². The monoisotopic (exact) mass is 821 g/mol. The van der Waals surface area contributed by atoms with Crippen molar-refractivity contribution < 1.29 is 21.2 Å². The molecule has 0 saturated carbocycles. The number of aromatic nitrogens is 6. The summed E-state index contributed by atoms with van der Waals surface area (Å²) in [7, 11) is 0. The van der Waals surface area contributed by atoms with Crippen LogP contribution in [0.15, 0.2) is 162 Å². The van der Waals surface area contributed by atoms with Crippen LogP contribution in [0.5, 0.6) is 0 Å². The van der Waals surface area contributed by atoms with Gasteiger partial charge in [-0.2, -0.15) is 0 Å². The summed E-state index contributed by atoms with van der Waals surface area (Å²) < 4.78 is 3.25. The van der Waals surface area contributed by atoms with Crippen LogP contribution in [0.4, 0.5) is 0 Å². The van der Waals surface area contributed by atoms with Crippen LogP contribution in [-0.4, -0.2) is 42.3 Å². The molecule has 0 atom stereocenters. The van der Waals surface area contributed by atoms with E-state index in [1.54, 1.807) is 0 Å². The van der Waals surface area contributed by atoms with Crippen LogP contribution in [0.2, 0.25) is 0 Å². The number of rotatable bonds is 11. The number of hydrogen-bond acceptors (Lipinski definition) is 6. The Labute approximate surface area is 329 Å². The zero-order valence-electron chi connectivity index (χ0n) is 29.3. The molecule has 8 nitrogen and oxygen atoms in total. The van der Waals surface area contributed by atoms with E-state index in [1.807, 2.05) is 158 Å². The Morgan fingerprint density at radius 1 is 0.382 bits per heavy atom. The average Bonchev–Trinajstić information content (AvgIpc) is 3.27. The molecule has 9 heteroatoms. The van der Waals surface area contributed by atoms with E-state index in [0.717, 1.165) is 43.8 Å². The van der Waals surface area contributed by atoms with Gasteiger partial charge in [0.1, 0.15) is 0 Å². The fourth-order valence-corrected chi connectivity index (χ4v) is 7.86. The summed E-state index contributed by atoms with van der Waals surface area (Å²) in [6.07, 6.45) is 4.24. The summed E-state index contributed by atoms with van der Waals surface area (Å²) in [4.78, 5) is 28.9. The minimum atomic E-state index is -0.590. The van der Waals surface area contributed by atoms with Gasteiger partial charge in [0.15, 0.2) is 0 Å². The molecule has 0 N–H and O–H groups in total. The first-order valence-corrected chi connectivity index (χ1v) is 19.7. The first-order valence-electron chi connectivity index (χ1n) is 17.4. The van der Waals surface area contributed by atoms with E-state index in [2.05, 4.69) is 10.1 Å². The zero-order valence-corrected chi connectivity index (χ0v) is 31.4. The number of benzene rings is 6. The van der Waals surface area contributed by atoms with E-state index < -0.39 is 21.2 Å². The average molecular weight is 822 g/mol. The van der Waals surface area contributed by atoms with Crippen LogP contribution in [0.3, 0.4) is 0 Å². The van der Waals surface area contributed by atoms with E-state index in [1.165, 1.54) is 0 Å². The molecular formula is C46H30IN8-3. The number of hydrogen-bond donors (Lipinski definition) is 0. The number of halogens is 1. The molecule has 0 aliphatic rings. The van der Waals surface area contributed by atoms with Crippen LogP contribution in [-0.2, 0) is 0 Å². The van der Waals surface area contributed by atoms with Crippen molar-refractivity contribution in [2.45, 2.75) is 0 Å². The van der Waals surface area contributed by atoms with E-state index in [0.29, 0.717) is 57.2 Å². The van der Waals surface area contributed by atoms with Gasteiger partial charge in [-0.3, -0.25) is 0 Å². The third-order valence-electron chi connectivity index (χ3n) is 8.69. The van der Waals surface area contributed by atoms with E-state index in [9.17, 15) is 10.8 Å². The van der Waals surface area contributed by atoms with Crippen molar-refractivity contribution in [2.75, 3.05) is 0 Å².